The standard InChI is InChI=1S/C43H50N6O5Si/c1-42(2,3)55(6,7)54-38-36(48-32-16-12-9-13-17-32)35(53-41(38)49-28-47-37-39(44)45-27-46-40(37)49)26-52-43(29-14-10-8-11-15-29,30-18-22-33(50-4)23-19-30)31-20-24-34(51-5)25-21-31/h8-25,27-28,35-36,38,41,48H,26H2,1-7H3,(H2,44,45,46)/t35-,36-,38-,41-/m1/s1. The van der Waals surface area contributed by atoms with Crippen molar-refractivity contribution in [2.45, 2.75) is 69.0 Å². The van der Waals surface area contributed by atoms with Gasteiger partial charge >= 0.3 is 0 Å². The van der Waals surface area contributed by atoms with Gasteiger partial charge in [-0.25, -0.2) is 15.0 Å². The lowest BCUT2D eigenvalue weighted by atomic mass is 9.80. The van der Waals surface area contributed by atoms with Crippen LogP contribution in [-0.2, 0) is 19.5 Å². The number of para-hydroxylation sites is 1. The second-order valence-corrected chi connectivity index (χ2v) is 20.1. The minimum absolute atomic E-state index is 0.0851. The molecule has 4 atom stereocenters. The van der Waals surface area contributed by atoms with Crippen LogP contribution in [0.1, 0.15) is 43.7 Å². The second kappa shape index (κ2) is 15.5. The van der Waals surface area contributed by atoms with E-state index in [1.165, 1.54) is 6.33 Å². The van der Waals surface area contributed by atoms with E-state index in [1.807, 2.05) is 65.2 Å². The molecule has 0 amide bonds. The van der Waals surface area contributed by atoms with Gasteiger partial charge in [0, 0.05) is 5.69 Å². The number of nitrogen functional groups attached to an aromatic ring is 1. The molecule has 3 N–H and O–H groups in total. The van der Waals surface area contributed by atoms with Crippen LogP contribution in [0, 0.1) is 0 Å². The van der Waals surface area contributed by atoms with Gasteiger partial charge in [0.05, 0.1) is 33.2 Å². The number of hydrogen-bond donors (Lipinski definition) is 2. The molecule has 0 saturated carbocycles. The van der Waals surface area contributed by atoms with Crippen molar-refractivity contribution in [3.63, 3.8) is 0 Å². The number of fused-ring (bicyclic) bond motifs is 1. The van der Waals surface area contributed by atoms with Crippen LogP contribution in [0.4, 0.5) is 11.5 Å². The maximum atomic E-state index is 7.44. The Balaban J connectivity index is 1.37. The molecule has 0 unspecified atom stereocenters. The number of rotatable bonds is 13. The number of nitrogens with two attached hydrogens (primary N) is 1. The Morgan fingerprint density at radius 2 is 1.33 bits per heavy atom. The van der Waals surface area contributed by atoms with Crippen LogP contribution in [0.2, 0.25) is 18.1 Å². The Kier molecular flexibility index (Phi) is 10.7. The van der Waals surface area contributed by atoms with Crippen LogP contribution in [0.3, 0.4) is 0 Å². The van der Waals surface area contributed by atoms with Crippen molar-refractivity contribution in [1.29, 1.82) is 0 Å². The summed E-state index contributed by atoms with van der Waals surface area (Å²) in [6.45, 7) is 11.4. The molecule has 0 radical (unpaired) electrons. The monoisotopic (exact) mass is 758 g/mol. The summed E-state index contributed by atoms with van der Waals surface area (Å²) in [6, 6.07) is 36.1. The van der Waals surface area contributed by atoms with Gasteiger partial charge in [0.15, 0.2) is 26.0 Å². The number of nitrogens with one attached hydrogen (secondary N) is 1. The van der Waals surface area contributed by atoms with Crippen molar-refractivity contribution in [2.75, 3.05) is 31.9 Å². The Morgan fingerprint density at radius 3 is 1.89 bits per heavy atom. The lowest BCUT2D eigenvalue weighted by Gasteiger charge is -2.41. The summed E-state index contributed by atoms with van der Waals surface area (Å²) in [5.41, 5.74) is 10.0. The van der Waals surface area contributed by atoms with E-state index in [4.69, 9.17) is 29.1 Å². The summed E-state index contributed by atoms with van der Waals surface area (Å²) < 4.78 is 35.1. The van der Waals surface area contributed by atoms with Crippen molar-refractivity contribution >= 4 is 31.0 Å². The van der Waals surface area contributed by atoms with Crippen molar-refractivity contribution in [2.24, 2.45) is 0 Å². The first-order valence-electron chi connectivity index (χ1n) is 18.5. The normalized spacial score (nSPS) is 19.0. The molecule has 0 spiro atoms. The molecular formula is C43H50N6O5Si. The van der Waals surface area contributed by atoms with Crippen LogP contribution >= 0.6 is 0 Å². The van der Waals surface area contributed by atoms with Gasteiger partial charge in [-0.1, -0.05) is 93.6 Å². The molecule has 3 heterocycles. The summed E-state index contributed by atoms with van der Waals surface area (Å²) >= 11 is 0. The highest BCUT2D eigenvalue weighted by Crippen LogP contribution is 2.46. The molecule has 11 nitrogen and oxygen atoms in total. The summed E-state index contributed by atoms with van der Waals surface area (Å²) in [6.07, 6.45) is 1.55. The van der Waals surface area contributed by atoms with Gasteiger partial charge in [-0.3, -0.25) is 4.57 Å². The first kappa shape index (κ1) is 38.0. The summed E-state index contributed by atoms with van der Waals surface area (Å²) in [4.78, 5) is 13.4. The van der Waals surface area contributed by atoms with Crippen molar-refractivity contribution in [3.8, 4) is 11.5 Å². The lowest BCUT2D eigenvalue weighted by molar-refractivity contribution is -0.0847. The third-order valence-electron chi connectivity index (χ3n) is 11.0. The smallest absolute Gasteiger partial charge is 0.192 e. The number of anilines is 2. The van der Waals surface area contributed by atoms with Gasteiger partial charge in [0.2, 0.25) is 0 Å². The molecular weight excluding hydrogens is 709 g/mol. The number of methoxy groups -OCH3 is 2. The first-order valence-corrected chi connectivity index (χ1v) is 21.4. The molecule has 4 aromatic carbocycles. The number of benzene rings is 4. The molecule has 1 saturated heterocycles. The van der Waals surface area contributed by atoms with E-state index in [-0.39, 0.29) is 17.7 Å². The fourth-order valence-corrected chi connectivity index (χ4v) is 8.28. The van der Waals surface area contributed by atoms with E-state index in [0.717, 1.165) is 33.9 Å². The van der Waals surface area contributed by atoms with Gasteiger partial charge in [-0.05, 0) is 71.2 Å². The third-order valence-corrected chi connectivity index (χ3v) is 15.5. The van der Waals surface area contributed by atoms with Crippen LogP contribution in [0.15, 0.2) is 122 Å². The van der Waals surface area contributed by atoms with E-state index >= 15 is 0 Å². The predicted octanol–water partition coefficient (Wildman–Crippen LogP) is 8.20. The zero-order valence-corrected chi connectivity index (χ0v) is 33.5. The molecule has 0 aliphatic carbocycles. The molecule has 0 bridgehead atoms. The summed E-state index contributed by atoms with van der Waals surface area (Å²) in [5, 5.41) is 3.74. The number of aromatic nitrogens is 4. The largest absolute Gasteiger partial charge is 0.497 e. The Hall–Kier alpha value is -5.27. The topological polar surface area (TPSA) is 128 Å². The molecule has 2 aromatic heterocycles. The van der Waals surface area contributed by atoms with E-state index in [1.54, 1.807) is 20.5 Å². The fraction of sp³-hybridized carbons (Fsp3) is 0.326. The van der Waals surface area contributed by atoms with Crippen LogP contribution in [-0.4, -0.2) is 66.9 Å². The SMILES string of the molecule is COc1ccc(C(OC[C@H]2O[C@@H](n3cnc4c(N)ncnc43)[C@H](O[Si](C)(C)C(C)(C)C)[C@@H]2Nc2ccccc2)(c2ccccc2)c2ccc(OC)cc2)cc1. The molecule has 1 aliphatic rings. The van der Waals surface area contributed by atoms with Crippen molar-refractivity contribution in [3.05, 3.63) is 139 Å². The number of ether oxygens (including phenoxy) is 4. The fourth-order valence-electron chi connectivity index (χ4n) is 6.99. The molecule has 286 valence electrons. The third kappa shape index (κ3) is 7.42. The van der Waals surface area contributed by atoms with E-state index < -0.39 is 32.4 Å². The molecule has 1 aliphatic heterocycles. The minimum Gasteiger partial charge on any atom is -0.497 e. The Bertz CT molecular complexity index is 2130. The van der Waals surface area contributed by atoms with E-state index in [2.05, 4.69) is 103 Å². The van der Waals surface area contributed by atoms with Gasteiger partial charge in [-0.15, -0.1) is 0 Å². The van der Waals surface area contributed by atoms with Gasteiger partial charge < -0.3 is 34.4 Å². The average Bonchev–Trinajstić information content (AvgIpc) is 3.77. The molecule has 55 heavy (non-hydrogen) atoms. The van der Waals surface area contributed by atoms with Crippen LogP contribution in [0.5, 0.6) is 11.5 Å². The van der Waals surface area contributed by atoms with Gasteiger partial charge in [0.25, 0.3) is 0 Å². The summed E-state index contributed by atoms with van der Waals surface area (Å²) in [7, 11) is 0.929. The van der Waals surface area contributed by atoms with Crippen molar-refractivity contribution in [1.82, 2.24) is 19.5 Å². The number of imidazole rings is 1. The zero-order valence-electron chi connectivity index (χ0n) is 32.5. The number of nitrogens with zero attached hydrogens (tertiary/aromatic N) is 4. The highest BCUT2D eigenvalue weighted by atomic mass is 28.4. The Labute approximate surface area is 323 Å². The molecule has 7 rings (SSSR count). The molecule has 6 aromatic rings. The average molecular weight is 759 g/mol. The lowest BCUT2D eigenvalue weighted by Crippen LogP contribution is -2.51. The van der Waals surface area contributed by atoms with Gasteiger partial charge in [-0.2, -0.15) is 0 Å². The maximum Gasteiger partial charge on any atom is 0.192 e. The maximum absolute atomic E-state index is 7.44. The highest BCUT2D eigenvalue weighted by Gasteiger charge is 2.52. The molecule has 12 heteroatoms. The minimum atomic E-state index is -2.40. The Morgan fingerprint density at radius 1 is 0.764 bits per heavy atom. The second-order valence-electron chi connectivity index (χ2n) is 15.3. The first-order chi connectivity index (χ1) is 26.4. The zero-order chi connectivity index (χ0) is 38.8. The van der Waals surface area contributed by atoms with Gasteiger partial charge in [0.1, 0.15) is 41.2 Å². The number of hydrogen-bond acceptors (Lipinski definition) is 10. The highest BCUT2D eigenvalue weighted by molar-refractivity contribution is 6.74. The van der Waals surface area contributed by atoms with E-state index in [0.29, 0.717) is 17.0 Å². The van der Waals surface area contributed by atoms with E-state index in [9.17, 15) is 0 Å². The molecule has 1 fully saturated rings. The summed E-state index contributed by atoms with van der Waals surface area (Å²) in [5.74, 6) is 1.79. The van der Waals surface area contributed by atoms with Crippen molar-refractivity contribution < 1.29 is 23.4 Å². The quantitative estimate of drug-likeness (QED) is 0.0879. The van der Waals surface area contributed by atoms with Crippen LogP contribution in [0.25, 0.3) is 11.2 Å². The van der Waals surface area contributed by atoms with Crippen LogP contribution < -0.4 is 20.5 Å². The predicted molar refractivity (Wildman–Crippen MR) is 218 cm³/mol.